The van der Waals surface area contributed by atoms with Crippen molar-refractivity contribution in [3.05, 3.63) is 57.7 Å². The number of aromatic nitrogens is 1. The number of amides is 1. The second-order valence-electron chi connectivity index (χ2n) is 9.84. The molecule has 3 fully saturated rings. The van der Waals surface area contributed by atoms with Crippen LogP contribution in [0.25, 0.3) is 0 Å². The molecule has 1 amide bonds. The molecule has 1 N–H and O–H groups in total. The quantitative estimate of drug-likeness (QED) is 0.612. The molecule has 0 radical (unpaired) electrons. The Labute approximate surface area is 212 Å². The third kappa shape index (κ3) is 6.03. The fraction of sp³-hybridized carbons (Fsp3) is 0.538. The summed E-state index contributed by atoms with van der Waals surface area (Å²) < 4.78 is 0. The second-order valence-corrected chi connectivity index (χ2v) is 10.7. The Balaban J connectivity index is 1.08. The third-order valence-corrected chi connectivity index (χ3v) is 7.87. The number of nitrogens with zero attached hydrogens (tertiary/aromatic N) is 4. The Bertz CT molecular complexity index is 981. The van der Waals surface area contributed by atoms with E-state index in [9.17, 15) is 4.79 Å². The minimum atomic E-state index is -0.0833. The molecule has 8 heteroatoms. The summed E-state index contributed by atoms with van der Waals surface area (Å²) in [6, 6.07) is 10.6. The van der Waals surface area contributed by atoms with E-state index in [2.05, 4.69) is 37.1 Å². The van der Waals surface area contributed by atoms with Crippen LogP contribution >= 0.6 is 23.2 Å². The fourth-order valence-corrected chi connectivity index (χ4v) is 5.45. The number of nitrogens with one attached hydrogen (secondary N) is 1. The van der Waals surface area contributed by atoms with Gasteiger partial charge in [-0.05, 0) is 68.5 Å². The highest BCUT2D eigenvalue weighted by Crippen LogP contribution is 2.29. The van der Waals surface area contributed by atoms with E-state index >= 15 is 0 Å². The molecular formula is C26H33Cl2N5O. The molecule has 2 saturated heterocycles. The van der Waals surface area contributed by atoms with Crippen molar-refractivity contribution in [3.8, 4) is 0 Å². The Morgan fingerprint density at radius 2 is 1.68 bits per heavy atom. The molecule has 1 aromatic heterocycles. The van der Waals surface area contributed by atoms with Gasteiger partial charge in [-0.15, -0.1) is 0 Å². The van der Waals surface area contributed by atoms with Gasteiger partial charge < -0.3 is 10.2 Å². The number of hydrogen-bond acceptors (Lipinski definition) is 5. The van der Waals surface area contributed by atoms with Crippen LogP contribution in [0, 0.1) is 5.92 Å². The molecule has 3 aliphatic rings. The average molecular weight is 502 g/mol. The average Bonchev–Trinajstić information content (AvgIpc) is 3.69. The molecule has 2 aliphatic heterocycles. The van der Waals surface area contributed by atoms with Crippen molar-refractivity contribution in [2.45, 2.75) is 38.3 Å². The van der Waals surface area contributed by atoms with E-state index in [0.29, 0.717) is 22.5 Å². The number of rotatable bonds is 7. The standard InChI is InChI=1S/C26H33Cl2N5O/c27-22-5-3-20(4-6-22)18-31-9-7-23(8-10-31)32-11-13-33(14-12-32)25-24(28)15-21(17-29-25)26(34)30-16-19-1-2-19/h3-6,15,17,19,23H,1-2,7-14,16,18H2,(H,30,34). The largest absolute Gasteiger partial charge is 0.353 e. The number of piperidine rings is 1. The van der Waals surface area contributed by atoms with Gasteiger partial charge in [-0.3, -0.25) is 14.6 Å². The van der Waals surface area contributed by atoms with Gasteiger partial charge in [0.15, 0.2) is 0 Å². The van der Waals surface area contributed by atoms with E-state index in [0.717, 1.165) is 63.2 Å². The van der Waals surface area contributed by atoms with Crippen molar-refractivity contribution in [2.75, 3.05) is 50.7 Å². The SMILES string of the molecule is O=C(NCC1CC1)c1cnc(N2CCN(C3CCN(Cc4ccc(Cl)cc4)CC3)CC2)c(Cl)c1. The summed E-state index contributed by atoms with van der Waals surface area (Å²) in [4.78, 5) is 24.3. The summed E-state index contributed by atoms with van der Waals surface area (Å²) in [7, 11) is 0. The van der Waals surface area contributed by atoms with Gasteiger partial charge in [-0.25, -0.2) is 4.98 Å². The van der Waals surface area contributed by atoms with Gasteiger partial charge in [0, 0.05) is 56.5 Å². The van der Waals surface area contributed by atoms with Crippen molar-refractivity contribution in [1.29, 1.82) is 0 Å². The molecule has 34 heavy (non-hydrogen) atoms. The van der Waals surface area contributed by atoms with E-state index in [1.165, 1.54) is 31.2 Å². The maximum Gasteiger partial charge on any atom is 0.252 e. The zero-order chi connectivity index (χ0) is 23.5. The number of carbonyl (C=O) groups is 1. The molecule has 182 valence electrons. The molecule has 3 heterocycles. The number of pyridine rings is 1. The van der Waals surface area contributed by atoms with E-state index < -0.39 is 0 Å². The lowest BCUT2D eigenvalue weighted by atomic mass is 10.0. The highest BCUT2D eigenvalue weighted by atomic mass is 35.5. The molecule has 5 rings (SSSR count). The molecule has 1 aromatic carbocycles. The highest BCUT2D eigenvalue weighted by Gasteiger charge is 2.29. The van der Waals surface area contributed by atoms with Crippen LogP contribution in [-0.2, 0) is 6.54 Å². The lowest BCUT2D eigenvalue weighted by Gasteiger charge is -2.43. The Morgan fingerprint density at radius 1 is 0.971 bits per heavy atom. The Morgan fingerprint density at radius 3 is 2.32 bits per heavy atom. The Hall–Kier alpha value is -1.86. The molecule has 1 aliphatic carbocycles. The predicted octanol–water partition coefficient (Wildman–Crippen LogP) is 4.31. The van der Waals surface area contributed by atoms with E-state index in [4.69, 9.17) is 23.2 Å². The molecule has 2 aromatic rings. The fourth-order valence-electron chi connectivity index (χ4n) is 5.04. The van der Waals surface area contributed by atoms with Crippen LogP contribution in [0.3, 0.4) is 0 Å². The molecule has 0 unspecified atom stereocenters. The normalized spacial score (nSPS) is 20.5. The van der Waals surface area contributed by atoms with Gasteiger partial charge >= 0.3 is 0 Å². The zero-order valence-corrected chi connectivity index (χ0v) is 21.1. The molecular weight excluding hydrogens is 469 g/mol. The summed E-state index contributed by atoms with van der Waals surface area (Å²) >= 11 is 12.6. The number of anilines is 1. The van der Waals surface area contributed by atoms with Crippen LogP contribution < -0.4 is 10.2 Å². The van der Waals surface area contributed by atoms with Crippen molar-refractivity contribution in [1.82, 2.24) is 20.1 Å². The minimum Gasteiger partial charge on any atom is -0.353 e. The summed E-state index contributed by atoms with van der Waals surface area (Å²) in [5.41, 5.74) is 1.87. The van der Waals surface area contributed by atoms with Crippen LogP contribution in [0.2, 0.25) is 10.0 Å². The third-order valence-electron chi connectivity index (χ3n) is 7.34. The lowest BCUT2D eigenvalue weighted by Crippen LogP contribution is -2.53. The second kappa shape index (κ2) is 10.8. The molecule has 0 bridgehead atoms. The van der Waals surface area contributed by atoms with E-state index in [1.807, 2.05) is 12.1 Å². The first kappa shape index (κ1) is 23.9. The summed E-state index contributed by atoms with van der Waals surface area (Å²) in [5, 5.41) is 4.33. The van der Waals surface area contributed by atoms with Crippen LogP contribution in [0.5, 0.6) is 0 Å². The zero-order valence-electron chi connectivity index (χ0n) is 19.6. The van der Waals surface area contributed by atoms with Gasteiger partial charge in [0.1, 0.15) is 5.82 Å². The van der Waals surface area contributed by atoms with Gasteiger partial charge in [0.05, 0.1) is 10.6 Å². The minimum absolute atomic E-state index is 0.0833. The summed E-state index contributed by atoms with van der Waals surface area (Å²) in [6.45, 7) is 7.86. The van der Waals surface area contributed by atoms with E-state index in [-0.39, 0.29) is 5.91 Å². The number of halogens is 2. The van der Waals surface area contributed by atoms with Crippen molar-refractivity contribution >= 4 is 34.9 Å². The molecule has 1 saturated carbocycles. The summed E-state index contributed by atoms with van der Waals surface area (Å²) in [5.74, 6) is 1.36. The van der Waals surface area contributed by atoms with Crippen LogP contribution in [0.15, 0.2) is 36.5 Å². The first-order valence-corrected chi connectivity index (χ1v) is 13.2. The van der Waals surface area contributed by atoms with Crippen molar-refractivity contribution in [3.63, 3.8) is 0 Å². The molecule has 0 atom stereocenters. The highest BCUT2D eigenvalue weighted by molar-refractivity contribution is 6.33. The monoisotopic (exact) mass is 501 g/mol. The van der Waals surface area contributed by atoms with Gasteiger partial charge in [0.25, 0.3) is 5.91 Å². The lowest BCUT2D eigenvalue weighted by molar-refractivity contribution is 0.0951. The summed E-state index contributed by atoms with van der Waals surface area (Å²) in [6.07, 6.45) is 6.50. The first-order chi connectivity index (χ1) is 16.5. The number of hydrogen-bond donors (Lipinski definition) is 1. The molecule has 0 spiro atoms. The number of piperazine rings is 1. The van der Waals surface area contributed by atoms with Gasteiger partial charge in [-0.1, -0.05) is 35.3 Å². The van der Waals surface area contributed by atoms with Gasteiger partial charge in [0.2, 0.25) is 0 Å². The van der Waals surface area contributed by atoms with Crippen LogP contribution in [0.4, 0.5) is 5.82 Å². The first-order valence-electron chi connectivity index (χ1n) is 12.4. The smallest absolute Gasteiger partial charge is 0.252 e. The maximum absolute atomic E-state index is 12.3. The number of benzene rings is 1. The number of likely N-dealkylation sites (tertiary alicyclic amines) is 1. The van der Waals surface area contributed by atoms with Crippen LogP contribution in [0.1, 0.15) is 41.6 Å². The van der Waals surface area contributed by atoms with Crippen LogP contribution in [-0.4, -0.2) is 72.5 Å². The Kier molecular flexibility index (Phi) is 7.59. The topological polar surface area (TPSA) is 51.7 Å². The maximum atomic E-state index is 12.3. The predicted molar refractivity (Wildman–Crippen MR) is 138 cm³/mol. The molecule has 6 nitrogen and oxygen atoms in total. The van der Waals surface area contributed by atoms with E-state index in [1.54, 1.807) is 12.3 Å². The van der Waals surface area contributed by atoms with Crippen molar-refractivity contribution in [2.24, 2.45) is 5.92 Å². The number of carbonyl (C=O) groups excluding carboxylic acids is 1. The van der Waals surface area contributed by atoms with Gasteiger partial charge in [-0.2, -0.15) is 0 Å². The van der Waals surface area contributed by atoms with Crippen molar-refractivity contribution < 1.29 is 4.79 Å².